The number of benzene rings is 6. The summed E-state index contributed by atoms with van der Waals surface area (Å²) in [5.41, 5.74) is 8.28. The zero-order valence-electron chi connectivity index (χ0n) is 22.8. The van der Waals surface area contributed by atoms with Crippen LogP contribution in [0.2, 0.25) is 0 Å². The molecule has 3 aromatic heterocycles. The van der Waals surface area contributed by atoms with Gasteiger partial charge in [0.1, 0.15) is 0 Å². The average molecular weight is 536 g/mol. The van der Waals surface area contributed by atoms with E-state index in [4.69, 9.17) is 0 Å². The van der Waals surface area contributed by atoms with Gasteiger partial charge in [-0.05, 0) is 82.4 Å². The Kier molecular flexibility index (Phi) is 4.90. The number of fused-ring (bicyclic) bond motifs is 6. The zero-order chi connectivity index (χ0) is 27.6. The van der Waals surface area contributed by atoms with E-state index < -0.39 is 0 Å². The smallest absolute Gasteiger partial charge is 0.0547 e. The van der Waals surface area contributed by atoms with Crippen LogP contribution in [0, 0.1) is 0 Å². The van der Waals surface area contributed by atoms with E-state index in [0.717, 1.165) is 16.6 Å². The number of pyridine rings is 1. The Balaban J connectivity index is 1.24. The van der Waals surface area contributed by atoms with Crippen LogP contribution in [0.5, 0.6) is 0 Å². The lowest BCUT2D eigenvalue weighted by Gasteiger charge is -2.11. The summed E-state index contributed by atoms with van der Waals surface area (Å²) in [4.78, 5) is 4.51. The van der Waals surface area contributed by atoms with Crippen molar-refractivity contribution in [1.29, 1.82) is 0 Å². The van der Waals surface area contributed by atoms with Gasteiger partial charge < -0.3 is 9.13 Å². The molecule has 0 radical (unpaired) electrons. The van der Waals surface area contributed by atoms with Gasteiger partial charge >= 0.3 is 0 Å². The molecule has 0 amide bonds. The fourth-order valence-electron chi connectivity index (χ4n) is 6.58. The Morgan fingerprint density at radius 1 is 0.429 bits per heavy atom. The highest BCUT2D eigenvalue weighted by Gasteiger charge is 2.15. The van der Waals surface area contributed by atoms with E-state index in [9.17, 15) is 0 Å². The lowest BCUT2D eigenvalue weighted by Crippen LogP contribution is -1.94. The predicted molar refractivity (Wildman–Crippen MR) is 176 cm³/mol. The summed E-state index contributed by atoms with van der Waals surface area (Å²) in [6.45, 7) is 0. The number of hydrogen-bond acceptors (Lipinski definition) is 1. The zero-order valence-corrected chi connectivity index (χ0v) is 22.8. The third-order valence-corrected chi connectivity index (χ3v) is 8.58. The molecule has 196 valence electrons. The molecule has 0 saturated carbocycles. The standard InChI is InChI=1S/C39H25N3/c1-2-9-31(10-3-1)41-19-18-27-20-29-23-39-35(21-30(29)22-38(27)41)34-12-6-7-13-37(34)42(39)32-16-14-26(15-17-32)36-25-40-24-28-8-4-5-11-33(28)36/h1-25H. The van der Waals surface area contributed by atoms with E-state index in [1.54, 1.807) is 0 Å². The van der Waals surface area contributed by atoms with Crippen LogP contribution in [0.1, 0.15) is 0 Å². The van der Waals surface area contributed by atoms with Crippen LogP contribution in [-0.2, 0) is 0 Å². The van der Waals surface area contributed by atoms with Crippen molar-refractivity contribution in [2.75, 3.05) is 0 Å². The van der Waals surface area contributed by atoms with Crippen LogP contribution < -0.4 is 0 Å². The van der Waals surface area contributed by atoms with Crippen LogP contribution >= 0.6 is 0 Å². The molecule has 0 aliphatic heterocycles. The molecule has 0 fully saturated rings. The Hall–Kier alpha value is -5.67. The molecule has 9 aromatic rings. The van der Waals surface area contributed by atoms with Gasteiger partial charge in [-0.3, -0.25) is 4.98 Å². The number of para-hydroxylation sites is 2. The molecule has 0 bridgehead atoms. The van der Waals surface area contributed by atoms with Crippen molar-refractivity contribution in [2.45, 2.75) is 0 Å². The molecule has 0 atom stereocenters. The minimum absolute atomic E-state index is 1.15. The average Bonchev–Trinajstić information content (AvgIpc) is 3.61. The molecule has 3 heterocycles. The molecule has 0 unspecified atom stereocenters. The van der Waals surface area contributed by atoms with Crippen LogP contribution in [-0.4, -0.2) is 14.1 Å². The first-order valence-corrected chi connectivity index (χ1v) is 14.3. The normalized spacial score (nSPS) is 11.8. The Labute approximate surface area is 242 Å². The number of nitrogens with zero attached hydrogens (tertiary/aromatic N) is 3. The van der Waals surface area contributed by atoms with Crippen LogP contribution in [0.3, 0.4) is 0 Å². The van der Waals surface area contributed by atoms with Crippen molar-refractivity contribution in [3.8, 4) is 22.5 Å². The number of hydrogen-bond donors (Lipinski definition) is 0. The predicted octanol–water partition coefficient (Wildman–Crippen LogP) is 10.1. The van der Waals surface area contributed by atoms with Gasteiger partial charge in [0.15, 0.2) is 0 Å². The molecule has 6 aromatic carbocycles. The summed E-state index contributed by atoms with van der Waals surface area (Å²) in [7, 11) is 0. The maximum absolute atomic E-state index is 4.51. The van der Waals surface area contributed by atoms with Crippen LogP contribution in [0.4, 0.5) is 0 Å². The van der Waals surface area contributed by atoms with Gasteiger partial charge in [0.2, 0.25) is 0 Å². The van der Waals surface area contributed by atoms with Gasteiger partial charge in [-0.25, -0.2) is 0 Å². The highest BCUT2D eigenvalue weighted by Crippen LogP contribution is 2.37. The monoisotopic (exact) mass is 535 g/mol. The topological polar surface area (TPSA) is 22.8 Å². The number of rotatable bonds is 3. The lowest BCUT2D eigenvalue weighted by molar-refractivity contribution is 1.13. The summed E-state index contributed by atoms with van der Waals surface area (Å²) in [5.74, 6) is 0. The van der Waals surface area contributed by atoms with Crippen molar-refractivity contribution in [1.82, 2.24) is 14.1 Å². The quantitative estimate of drug-likeness (QED) is 0.221. The van der Waals surface area contributed by atoms with Gasteiger partial charge in [0.05, 0.1) is 16.6 Å². The van der Waals surface area contributed by atoms with Gasteiger partial charge in [-0.15, -0.1) is 0 Å². The fourth-order valence-corrected chi connectivity index (χ4v) is 6.58. The first kappa shape index (κ1) is 23.1. The van der Waals surface area contributed by atoms with Gasteiger partial charge in [0, 0.05) is 57.1 Å². The fraction of sp³-hybridized carbons (Fsp3) is 0. The van der Waals surface area contributed by atoms with Crippen molar-refractivity contribution < 1.29 is 0 Å². The lowest BCUT2D eigenvalue weighted by atomic mass is 10.0. The van der Waals surface area contributed by atoms with Crippen molar-refractivity contribution in [2.24, 2.45) is 0 Å². The molecular weight excluding hydrogens is 510 g/mol. The molecule has 3 nitrogen and oxygen atoms in total. The second-order valence-corrected chi connectivity index (χ2v) is 11.0. The molecule has 0 N–H and O–H groups in total. The van der Waals surface area contributed by atoms with E-state index in [1.165, 1.54) is 60.1 Å². The van der Waals surface area contributed by atoms with E-state index in [2.05, 4.69) is 154 Å². The van der Waals surface area contributed by atoms with Crippen LogP contribution in [0.15, 0.2) is 152 Å². The maximum atomic E-state index is 4.51. The summed E-state index contributed by atoms with van der Waals surface area (Å²) in [5, 5.41) is 8.61. The Morgan fingerprint density at radius 3 is 2.05 bits per heavy atom. The minimum atomic E-state index is 1.15. The molecule has 0 spiro atoms. The van der Waals surface area contributed by atoms with E-state index in [-0.39, 0.29) is 0 Å². The summed E-state index contributed by atoms with van der Waals surface area (Å²) >= 11 is 0. The van der Waals surface area contributed by atoms with Crippen molar-refractivity contribution in [3.05, 3.63) is 152 Å². The molecule has 42 heavy (non-hydrogen) atoms. The highest BCUT2D eigenvalue weighted by molar-refractivity contribution is 6.15. The van der Waals surface area contributed by atoms with E-state index in [1.807, 2.05) is 12.4 Å². The van der Waals surface area contributed by atoms with Gasteiger partial charge in [-0.2, -0.15) is 0 Å². The second-order valence-electron chi connectivity index (χ2n) is 11.0. The highest BCUT2D eigenvalue weighted by atomic mass is 15.0. The molecule has 3 heteroatoms. The van der Waals surface area contributed by atoms with Crippen molar-refractivity contribution >= 4 is 54.3 Å². The third-order valence-electron chi connectivity index (χ3n) is 8.58. The molecule has 0 aliphatic rings. The largest absolute Gasteiger partial charge is 0.317 e. The second kappa shape index (κ2) is 8.92. The first-order chi connectivity index (χ1) is 20.8. The minimum Gasteiger partial charge on any atom is -0.317 e. The summed E-state index contributed by atoms with van der Waals surface area (Å²) in [6, 6.07) is 48.2. The maximum Gasteiger partial charge on any atom is 0.0547 e. The van der Waals surface area contributed by atoms with Gasteiger partial charge in [0.25, 0.3) is 0 Å². The Bertz CT molecular complexity index is 2440. The SMILES string of the molecule is c1ccc(-n2ccc3cc4cc5c(cc4cc32)c2ccccc2n5-c2ccc(-c3cncc4ccccc34)cc2)cc1. The summed E-state index contributed by atoms with van der Waals surface area (Å²) in [6.07, 6.45) is 6.07. The van der Waals surface area contributed by atoms with Gasteiger partial charge in [-0.1, -0.05) is 72.8 Å². The van der Waals surface area contributed by atoms with E-state index >= 15 is 0 Å². The summed E-state index contributed by atoms with van der Waals surface area (Å²) < 4.78 is 4.67. The third kappa shape index (κ3) is 3.44. The molecule has 0 saturated heterocycles. The van der Waals surface area contributed by atoms with Crippen molar-refractivity contribution in [3.63, 3.8) is 0 Å². The Morgan fingerprint density at radius 2 is 1.17 bits per heavy atom. The molecule has 0 aliphatic carbocycles. The van der Waals surface area contributed by atoms with E-state index in [0.29, 0.717) is 0 Å². The molecular formula is C39H25N3. The molecule has 9 rings (SSSR count). The first-order valence-electron chi connectivity index (χ1n) is 14.3. The number of aromatic nitrogens is 3. The van der Waals surface area contributed by atoms with Crippen LogP contribution in [0.25, 0.3) is 76.8 Å².